The zero-order chi connectivity index (χ0) is 17.8. The molecule has 0 bridgehead atoms. The number of anilines is 1. The first-order valence-electron chi connectivity index (χ1n) is 8.40. The van der Waals surface area contributed by atoms with E-state index in [1.807, 2.05) is 48.2 Å². The Labute approximate surface area is 147 Å². The number of benzene rings is 1. The molecule has 0 saturated carbocycles. The standard InChI is InChI=1S/C19H23N3O3/c1-20(2)16-6-3-5-15(13-16)19(24)22-10-8-21(9-11-22)14-17(23)18-7-4-12-25-18/h3-7,12-13H,8-11,14H2,1-2H3. The van der Waals surface area contributed by atoms with E-state index >= 15 is 0 Å². The van der Waals surface area contributed by atoms with Crippen LogP contribution in [-0.4, -0.2) is 68.3 Å². The van der Waals surface area contributed by atoms with Crippen molar-refractivity contribution >= 4 is 17.4 Å². The summed E-state index contributed by atoms with van der Waals surface area (Å²) in [5.41, 5.74) is 1.71. The average molecular weight is 341 g/mol. The first-order chi connectivity index (χ1) is 12.0. The van der Waals surface area contributed by atoms with Gasteiger partial charge in [-0.25, -0.2) is 0 Å². The molecule has 1 aromatic carbocycles. The Morgan fingerprint density at radius 3 is 2.48 bits per heavy atom. The van der Waals surface area contributed by atoms with Crippen LogP contribution in [0.25, 0.3) is 0 Å². The van der Waals surface area contributed by atoms with Crippen molar-refractivity contribution in [3.8, 4) is 0 Å². The van der Waals surface area contributed by atoms with Gasteiger partial charge in [-0.1, -0.05) is 6.07 Å². The van der Waals surface area contributed by atoms with Crippen LogP contribution in [0.15, 0.2) is 47.1 Å². The van der Waals surface area contributed by atoms with Crippen molar-refractivity contribution in [1.29, 1.82) is 0 Å². The summed E-state index contributed by atoms with van der Waals surface area (Å²) in [6.07, 6.45) is 1.51. The van der Waals surface area contributed by atoms with Gasteiger partial charge in [0.1, 0.15) is 0 Å². The van der Waals surface area contributed by atoms with Crippen molar-refractivity contribution in [1.82, 2.24) is 9.80 Å². The molecule has 1 fully saturated rings. The molecule has 6 nitrogen and oxygen atoms in total. The van der Waals surface area contributed by atoms with Crippen molar-refractivity contribution in [2.75, 3.05) is 51.7 Å². The lowest BCUT2D eigenvalue weighted by molar-refractivity contribution is 0.0620. The van der Waals surface area contributed by atoms with Crippen LogP contribution in [0.3, 0.4) is 0 Å². The summed E-state index contributed by atoms with van der Waals surface area (Å²) < 4.78 is 5.14. The molecule has 0 unspecified atom stereocenters. The molecule has 1 aliphatic heterocycles. The summed E-state index contributed by atoms with van der Waals surface area (Å²) in [4.78, 5) is 30.7. The number of amides is 1. The summed E-state index contributed by atoms with van der Waals surface area (Å²) in [5.74, 6) is 0.406. The maximum atomic E-state index is 12.7. The summed E-state index contributed by atoms with van der Waals surface area (Å²) in [5, 5.41) is 0. The zero-order valence-corrected chi connectivity index (χ0v) is 14.6. The number of furan rings is 1. The van der Waals surface area contributed by atoms with Crippen molar-refractivity contribution in [3.63, 3.8) is 0 Å². The third kappa shape index (κ3) is 4.09. The molecule has 1 aliphatic rings. The van der Waals surface area contributed by atoms with Crippen LogP contribution in [0.2, 0.25) is 0 Å². The van der Waals surface area contributed by atoms with E-state index < -0.39 is 0 Å². The molecule has 1 amide bonds. The van der Waals surface area contributed by atoms with Gasteiger partial charge in [0.15, 0.2) is 5.76 Å². The molecular formula is C19H23N3O3. The highest BCUT2D eigenvalue weighted by Crippen LogP contribution is 2.16. The SMILES string of the molecule is CN(C)c1cccc(C(=O)N2CCN(CC(=O)c3ccco3)CC2)c1. The molecule has 3 rings (SSSR count). The van der Waals surface area contributed by atoms with Gasteiger partial charge in [-0.15, -0.1) is 0 Å². The zero-order valence-electron chi connectivity index (χ0n) is 14.6. The monoisotopic (exact) mass is 341 g/mol. The van der Waals surface area contributed by atoms with E-state index in [4.69, 9.17) is 4.42 Å². The van der Waals surface area contributed by atoms with Gasteiger partial charge < -0.3 is 14.2 Å². The molecule has 2 aromatic rings. The molecule has 132 valence electrons. The first kappa shape index (κ1) is 17.2. The molecule has 0 radical (unpaired) electrons. The first-order valence-corrected chi connectivity index (χ1v) is 8.40. The minimum atomic E-state index is -0.0246. The quantitative estimate of drug-likeness (QED) is 0.779. The third-order valence-corrected chi connectivity index (χ3v) is 4.43. The number of ketones is 1. The maximum Gasteiger partial charge on any atom is 0.254 e. The fraction of sp³-hybridized carbons (Fsp3) is 0.368. The van der Waals surface area contributed by atoms with Crippen molar-refractivity contribution < 1.29 is 14.0 Å². The van der Waals surface area contributed by atoms with E-state index in [0.29, 0.717) is 44.0 Å². The number of carbonyl (C=O) groups excluding carboxylic acids is 2. The van der Waals surface area contributed by atoms with Gasteiger partial charge in [0, 0.05) is 51.5 Å². The molecule has 2 heterocycles. The maximum absolute atomic E-state index is 12.7. The summed E-state index contributed by atoms with van der Waals surface area (Å²) in [6.45, 7) is 2.94. The van der Waals surface area contributed by atoms with Crippen LogP contribution in [0.4, 0.5) is 5.69 Å². The van der Waals surface area contributed by atoms with Gasteiger partial charge in [-0.2, -0.15) is 0 Å². The molecule has 0 aliphatic carbocycles. The fourth-order valence-electron chi connectivity index (χ4n) is 2.93. The Hall–Kier alpha value is -2.60. The van der Waals surface area contributed by atoms with Gasteiger partial charge in [0.25, 0.3) is 5.91 Å². The van der Waals surface area contributed by atoms with Gasteiger partial charge in [-0.05, 0) is 30.3 Å². The highest BCUT2D eigenvalue weighted by Gasteiger charge is 2.24. The van der Waals surface area contributed by atoms with E-state index in [9.17, 15) is 9.59 Å². The van der Waals surface area contributed by atoms with E-state index in [1.165, 1.54) is 6.26 Å². The summed E-state index contributed by atoms with van der Waals surface area (Å²) in [6, 6.07) is 11.0. The lowest BCUT2D eigenvalue weighted by Gasteiger charge is -2.34. The Bertz CT molecular complexity index is 732. The summed E-state index contributed by atoms with van der Waals surface area (Å²) >= 11 is 0. The predicted molar refractivity (Wildman–Crippen MR) is 96.2 cm³/mol. The van der Waals surface area contributed by atoms with Gasteiger partial charge in [0.05, 0.1) is 12.8 Å². The Balaban J connectivity index is 1.56. The second-order valence-electron chi connectivity index (χ2n) is 6.41. The number of carbonyl (C=O) groups is 2. The predicted octanol–water partition coefficient (Wildman–Crippen LogP) is 1.99. The van der Waals surface area contributed by atoms with E-state index in [-0.39, 0.29) is 11.7 Å². The number of hydrogen-bond donors (Lipinski definition) is 0. The summed E-state index contributed by atoms with van der Waals surface area (Å²) in [7, 11) is 3.91. The van der Waals surface area contributed by atoms with Crippen LogP contribution in [0.5, 0.6) is 0 Å². The molecule has 0 atom stereocenters. The number of rotatable bonds is 5. The second kappa shape index (κ2) is 7.53. The van der Waals surface area contributed by atoms with Crippen LogP contribution >= 0.6 is 0 Å². The molecule has 25 heavy (non-hydrogen) atoms. The molecule has 6 heteroatoms. The minimum absolute atomic E-state index is 0.0246. The van der Waals surface area contributed by atoms with Crippen LogP contribution < -0.4 is 4.90 Å². The Morgan fingerprint density at radius 1 is 1.08 bits per heavy atom. The van der Waals surface area contributed by atoms with Crippen LogP contribution in [0, 0.1) is 0 Å². The molecule has 1 aromatic heterocycles. The van der Waals surface area contributed by atoms with Gasteiger partial charge in [-0.3, -0.25) is 14.5 Å². The van der Waals surface area contributed by atoms with E-state index in [0.717, 1.165) is 5.69 Å². The Kier molecular flexibility index (Phi) is 5.19. The highest BCUT2D eigenvalue weighted by molar-refractivity contribution is 5.96. The molecule has 0 N–H and O–H groups in total. The number of nitrogens with zero attached hydrogens (tertiary/aromatic N) is 3. The lowest BCUT2D eigenvalue weighted by Crippen LogP contribution is -2.49. The van der Waals surface area contributed by atoms with Crippen molar-refractivity contribution in [3.05, 3.63) is 54.0 Å². The smallest absolute Gasteiger partial charge is 0.254 e. The van der Waals surface area contributed by atoms with E-state index in [2.05, 4.69) is 4.90 Å². The molecule has 1 saturated heterocycles. The largest absolute Gasteiger partial charge is 0.461 e. The van der Waals surface area contributed by atoms with Gasteiger partial charge in [0.2, 0.25) is 5.78 Å². The second-order valence-corrected chi connectivity index (χ2v) is 6.41. The highest BCUT2D eigenvalue weighted by atomic mass is 16.3. The van der Waals surface area contributed by atoms with E-state index in [1.54, 1.807) is 12.1 Å². The van der Waals surface area contributed by atoms with Crippen LogP contribution in [-0.2, 0) is 0 Å². The van der Waals surface area contributed by atoms with Crippen LogP contribution in [0.1, 0.15) is 20.9 Å². The normalized spacial score (nSPS) is 15.2. The fourth-order valence-corrected chi connectivity index (χ4v) is 2.93. The van der Waals surface area contributed by atoms with Crippen molar-refractivity contribution in [2.45, 2.75) is 0 Å². The Morgan fingerprint density at radius 2 is 1.84 bits per heavy atom. The number of Topliss-reactive ketones (excluding diaryl/α,β-unsaturated/α-hetero) is 1. The number of piperazine rings is 1. The lowest BCUT2D eigenvalue weighted by atomic mass is 10.1. The third-order valence-electron chi connectivity index (χ3n) is 4.43. The molecule has 0 spiro atoms. The topological polar surface area (TPSA) is 57.0 Å². The molecular weight excluding hydrogens is 318 g/mol. The minimum Gasteiger partial charge on any atom is -0.461 e. The van der Waals surface area contributed by atoms with Gasteiger partial charge >= 0.3 is 0 Å². The number of hydrogen-bond acceptors (Lipinski definition) is 5. The van der Waals surface area contributed by atoms with Crippen molar-refractivity contribution in [2.24, 2.45) is 0 Å². The average Bonchev–Trinajstić information content (AvgIpc) is 3.17.